The first kappa shape index (κ1) is 8.93. The molecular weight excluding hydrogens is 184 g/mol. The third-order valence-corrected chi connectivity index (χ3v) is 2.97. The number of hydrogen-bond donors (Lipinski definition) is 0. The van der Waals surface area contributed by atoms with Gasteiger partial charge in [0, 0.05) is 0 Å². The molecule has 0 radical (unpaired) electrons. The highest BCUT2D eigenvalue weighted by atomic mass is 16.6. The Morgan fingerprint density at radius 1 is 1.00 bits per heavy atom. The van der Waals surface area contributed by atoms with Crippen LogP contribution in [0.4, 0.5) is 0 Å². The van der Waals surface area contributed by atoms with Crippen LogP contribution in [-0.2, 0) is 4.74 Å². The fourth-order valence-electron chi connectivity index (χ4n) is 2.11. The van der Waals surface area contributed by atoms with E-state index in [0.717, 1.165) is 6.42 Å². The summed E-state index contributed by atoms with van der Waals surface area (Å²) in [5.41, 5.74) is 2.65. The summed E-state index contributed by atoms with van der Waals surface area (Å²) in [5, 5.41) is 0. The molecule has 0 unspecified atom stereocenters. The first-order valence-corrected chi connectivity index (χ1v) is 5.52. The normalized spacial score (nSPS) is 28.7. The molecule has 1 fully saturated rings. The van der Waals surface area contributed by atoms with E-state index in [1.54, 1.807) is 0 Å². The average Bonchev–Trinajstić information content (AvgIpc) is 3.11. The molecule has 0 N–H and O–H groups in total. The topological polar surface area (TPSA) is 12.5 Å². The number of benzene rings is 1. The predicted octanol–water partition coefficient (Wildman–Crippen LogP) is 3.40. The van der Waals surface area contributed by atoms with Crippen molar-refractivity contribution in [1.82, 2.24) is 0 Å². The molecule has 0 amide bonds. The highest BCUT2D eigenvalue weighted by Gasteiger charge is 2.41. The van der Waals surface area contributed by atoms with Gasteiger partial charge in [0.2, 0.25) is 0 Å². The lowest BCUT2D eigenvalue weighted by molar-refractivity contribution is 0.390. The minimum absolute atomic E-state index is 0.292. The number of hydrogen-bond acceptors (Lipinski definition) is 1. The van der Waals surface area contributed by atoms with Crippen LogP contribution in [0.25, 0.3) is 0 Å². The van der Waals surface area contributed by atoms with Gasteiger partial charge in [-0.15, -0.1) is 0 Å². The van der Waals surface area contributed by atoms with Gasteiger partial charge in [0.25, 0.3) is 0 Å². The monoisotopic (exact) mass is 198 g/mol. The fourth-order valence-corrected chi connectivity index (χ4v) is 2.11. The predicted molar refractivity (Wildman–Crippen MR) is 60.5 cm³/mol. The van der Waals surface area contributed by atoms with Crippen molar-refractivity contribution >= 4 is 0 Å². The van der Waals surface area contributed by atoms with Gasteiger partial charge >= 0.3 is 0 Å². The van der Waals surface area contributed by atoms with Gasteiger partial charge in [-0.25, -0.2) is 0 Å². The number of allylic oxidation sites excluding steroid dienone is 2. The third kappa shape index (κ3) is 1.75. The molecule has 1 aromatic rings. The lowest BCUT2D eigenvalue weighted by Gasteiger charge is -2.02. The van der Waals surface area contributed by atoms with Crippen LogP contribution < -0.4 is 0 Å². The number of ether oxygens (including phenoxy) is 1. The first-order valence-electron chi connectivity index (χ1n) is 5.52. The van der Waals surface area contributed by atoms with Crippen molar-refractivity contribution in [3.8, 4) is 0 Å². The Bertz CT molecular complexity index is 403. The molecule has 0 aromatic heterocycles. The van der Waals surface area contributed by atoms with E-state index < -0.39 is 0 Å². The fraction of sp³-hybridized carbons (Fsp3) is 0.286. The van der Waals surface area contributed by atoms with Crippen LogP contribution in [0.15, 0.2) is 54.1 Å². The SMILES string of the molecule is C1=CC([C@H]2O[C@@H]2c2ccccc2)=CCC1. The Labute approximate surface area is 90.1 Å². The Balaban J connectivity index is 1.74. The maximum atomic E-state index is 5.72. The van der Waals surface area contributed by atoms with Crippen molar-refractivity contribution in [2.45, 2.75) is 25.0 Å². The minimum atomic E-state index is 0.292. The molecule has 2 aliphatic rings. The van der Waals surface area contributed by atoms with Crippen LogP contribution in [0.1, 0.15) is 24.5 Å². The average molecular weight is 198 g/mol. The first-order chi connectivity index (χ1) is 7.45. The van der Waals surface area contributed by atoms with E-state index in [1.807, 2.05) is 6.07 Å². The van der Waals surface area contributed by atoms with Gasteiger partial charge in [0.1, 0.15) is 12.2 Å². The van der Waals surface area contributed by atoms with Gasteiger partial charge in [-0.2, -0.15) is 0 Å². The van der Waals surface area contributed by atoms with Crippen molar-refractivity contribution in [2.75, 3.05) is 0 Å². The summed E-state index contributed by atoms with van der Waals surface area (Å²) in [6.45, 7) is 0. The molecule has 1 heteroatoms. The smallest absolute Gasteiger partial charge is 0.114 e. The van der Waals surface area contributed by atoms with Gasteiger partial charge in [0.05, 0.1) is 0 Å². The minimum Gasteiger partial charge on any atom is -0.359 e. The van der Waals surface area contributed by atoms with E-state index in [2.05, 4.69) is 42.5 Å². The summed E-state index contributed by atoms with van der Waals surface area (Å²) < 4.78 is 5.72. The molecule has 2 atom stereocenters. The molecule has 0 bridgehead atoms. The maximum absolute atomic E-state index is 5.72. The largest absolute Gasteiger partial charge is 0.359 e. The molecule has 0 spiro atoms. The second kappa shape index (κ2) is 3.67. The summed E-state index contributed by atoms with van der Waals surface area (Å²) in [5.74, 6) is 0. The Kier molecular flexibility index (Phi) is 2.18. The molecule has 0 saturated carbocycles. The number of epoxide rings is 1. The second-order valence-electron chi connectivity index (χ2n) is 4.07. The van der Waals surface area contributed by atoms with E-state index in [0.29, 0.717) is 12.2 Å². The zero-order valence-corrected chi connectivity index (χ0v) is 8.60. The summed E-state index contributed by atoms with van der Waals surface area (Å²) in [6.07, 6.45) is 9.67. The Morgan fingerprint density at radius 2 is 1.87 bits per heavy atom. The quantitative estimate of drug-likeness (QED) is 0.663. The highest BCUT2D eigenvalue weighted by molar-refractivity contribution is 5.35. The molecule has 1 heterocycles. The Morgan fingerprint density at radius 3 is 2.60 bits per heavy atom. The molecular formula is C14H14O. The van der Waals surface area contributed by atoms with Gasteiger partial charge in [-0.05, 0) is 24.0 Å². The van der Waals surface area contributed by atoms with Crippen molar-refractivity contribution in [3.63, 3.8) is 0 Å². The van der Waals surface area contributed by atoms with Crippen molar-refractivity contribution in [3.05, 3.63) is 59.7 Å². The summed E-state index contributed by atoms with van der Waals surface area (Å²) in [6, 6.07) is 10.5. The summed E-state index contributed by atoms with van der Waals surface area (Å²) >= 11 is 0. The van der Waals surface area contributed by atoms with Crippen molar-refractivity contribution < 1.29 is 4.74 Å². The van der Waals surface area contributed by atoms with Crippen LogP contribution in [0.2, 0.25) is 0 Å². The third-order valence-electron chi connectivity index (χ3n) is 2.97. The van der Waals surface area contributed by atoms with E-state index in [-0.39, 0.29) is 0 Å². The number of rotatable bonds is 2. The standard InChI is InChI=1S/C14H14O/c1-3-7-11(8-4-1)13-14(15-13)12-9-5-2-6-10-12/h1,3-5,7-10,13-14H,2,6H2/t13-,14-/m1/s1. The van der Waals surface area contributed by atoms with Gasteiger partial charge in [-0.3, -0.25) is 0 Å². The second-order valence-corrected chi connectivity index (χ2v) is 4.07. The molecule has 15 heavy (non-hydrogen) atoms. The highest BCUT2D eigenvalue weighted by Crippen LogP contribution is 2.44. The maximum Gasteiger partial charge on any atom is 0.114 e. The molecule has 1 aliphatic carbocycles. The van der Waals surface area contributed by atoms with E-state index >= 15 is 0 Å². The van der Waals surface area contributed by atoms with Crippen LogP contribution in [0.3, 0.4) is 0 Å². The van der Waals surface area contributed by atoms with Crippen LogP contribution in [-0.4, -0.2) is 6.10 Å². The zero-order valence-electron chi connectivity index (χ0n) is 8.60. The van der Waals surface area contributed by atoms with Crippen LogP contribution in [0.5, 0.6) is 0 Å². The van der Waals surface area contributed by atoms with Gasteiger partial charge in [-0.1, -0.05) is 48.6 Å². The van der Waals surface area contributed by atoms with Crippen molar-refractivity contribution in [2.24, 2.45) is 0 Å². The van der Waals surface area contributed by atoms with E-state index in [1.165, 1.54) is 17.6 Å². The lowest BCUT2D eigenvalue weighted by Crippen LogP contribution is -1.94. The lowest BCUT2D eigenvalue weighted by atomic mass is 10.00. The zero-order chi connectivity index (χ0) is 10.1. The molecule has 3 rings (SSSR count). The Hall–Kier alpha value is -1.34. The van der Waals surface area contributed by atoms with Crippen LogP contribution in [0, 0.1) is 0 Å². The van der Waals surface area contributed by atoms with E-state index in [9.17, 15) is 0 Å². The van der Waals surface area contributed by atoms with Gasteiger partial charge < -0.3 is 4.74 Å². The van der Waals surface area contributed by atoms with Crippen LogP contribution >= 0.6 is 0 Å². The summed E-state index contributed by atoms with van der Waals surface area (Å²) in [7, 11) is 0. The van der Waals surface area contributed by atoms with E-state index in [4.69, 9.17) is 4.74 Å². The van der Waals surface area contributed by atoms with Gasteiger partial charge in [0.15, 0.2) is 0 Å². The molecule has 76 valence electrons. The molecule has 1 aliphatic heterocycles. The molecule has 1 nitrogen and oxygen atoms in total. The summed E-state index contributed by atoms with van der Waals surface area (Å²) in [4.78, 5) is 0. The van der Waals surface area contributed by atoms with Crippen molar-refractivity contribution in [1.29, 1.82) is 0 Å². The molecule has 1 saturated heterocycles. The molecule has 1 aromatic carbocycles.